The normalized spacial score (nSPS) is 24.8. The second kappa shape index (κ2) is 8.31. The fourth-order valence-corrected chi connectivity index (χ4v) is 4.20. The molecule has 26 heavy (non-hydrogen) atoms. The molecule has 3 fully saturated rings. The first-order valence-corrected chi connectivity index (χ1v) is 9.96. The van der Waals surface area contributed by atoms with Crippen molar-refractivity contribution < 1.29 is 9.53 Å². The SMILES string of the molecule is O=C(C[C@@H]1CNCCO1)N1CCC(c2cc(N3CCCC3)ncn2)CC1. The molecule has 7 nitrogen and oxygen atoms in total. The smallest absolute Gasteiger partial charge is 0.225 e. The van der Waals surface area contributed by atoms with Crippen LogP contribution in [-0.2, 0) is 9.53 Å². The number of nitrogens with one attached hydrogen (secondary N) is 1. The Morgan fingerprint density at radius 2 is 2.00 bits per heavy atom. The number of hydrogen-bond acceptors (Lipinski definition) is 6. The molecule has 0 radical (unpaired) electrons. The van der Waals surface area contributed by atoms with E-state index in [0.717, 1.165) is 63.6 Å². The zero-order chi connectivity index (χ0) is 17.8. The molecule has 4 rings (SSSR count). The standard InChI is InChI=1S/C19H29N5O2/c25-19(11-16-13-20-5-10-26-16)24-8-3-15(4-9-24)17-12-18(22-14-21-17)23-6-1-2-7-23/h12,14-16,20H,1-11,13H2/t16-/m1/s1. The van der Waals surface area contributed by atoms with Crippen molar-refractivity contribution in [3.8, 4) is 0 Å². The molecule has 1 atom stereocenters. The maximum Gasteiger partial charge on any atom is 0.225 e. The van der Waals surface area contributed by atoms with Crippen LogP contribution < -0.4 is 10.2 Å². The van der Waals surface area contributed by atoms with Crippen LogP contribution in [0.3, 0.4) is 0 Å². The average Bonchev–Trinajstić information content (AvgIpc) is 3.24. The summed E-state index contributed by atoms with van der Waals surface area (Å²) in [5.41, 5.74) is 1.13. The van der Waals surface area contributed by atoms with Gasteiger partial charge in [-0.25, -0.2) is 9.97 Å². The van der Waals surface area contributed by atoms with E-state index < -0.39 is 0 Å². The van der Waals surface area contributed by atoms with Crippen molar-refractivity contribution in [2.45, 2.75) is 44.1 Å². The first-order chi connectivity index (χ1) is 12.8. The van der Waals surface area contributed by atoms with E-state index in [1.165, 1.54) is 12.8 Å². The summed E-state index contributed by atoms with van der Waals surface area (Å²) in [5.74, 6) is 1.71. The second-order valence-electron chi connectivity index (χ2n) is 7.55. The molecule has 0 aliphatic carbocycles. The van der Waals surface area contributed by atoms with Crippen molar-refractivity contribution in [1.82, 2.24) is 20.2 Å². The minimum absolute atomic E-state index is 0.0267. The predicted octanol–water partition coefficient (Wildman–Crippen LogP) is 1.16. The van der Waals surface area contributed by atoms with E-state index in [1.807, 2.05) is 4.90 Å². The van der Waals surface area contributed by atoms with Gasteiger partial charge in [-0.15, -0.1) is 0 Å². The van der Waals surface area contributed by atoms with E-state index in [9.17, 15) is 4.79 Å². The van der Waals surface area contributed by atoms with Crippen LogP contribution in [-0.4, -0.2) is 72.8 Å². The Morgan fingerprint density at radius 1 is 1.19 bits per heavy atom. The van der Waals surface area contributed by atoms with Crippen molar-refractivity contribution in [2.24, 2.45) is 0 Å². The van der Waals surface area contributed by atoms with Crippen LogP contribution in [0.4, 0.5) is 5.82 Å². The Kier molecular flexibility index (Phi) is 5.65. The van der Waals surface area contributed by atoms with Gasteiger partial charge in [0.05, 0.1) is 19.1 Å². The number of carbonyl (C=O) groups is 1. The highest BCUT2D eigenvalue weighted by Crippen LogP contribution is 2.29. The highest BCUT2D eigenvalue weighted by molar-refractivity contribution is 5.76. The van der Waals surface area contributed by atoms with Gasteiger partial charge in [-0.3, -0.25) is 4.79 Å². The Morgan fingerprint density at radius 3 is 2.73 bits per heavy atom. The number of ether oxygens (including phenoxy) is 1. The van der Waals surface area contributed by atoms with Gasteiger partial charge in [-0.2, -0.15) is 0 Å². The summed E-state index contributed by atoms with van der Waals surface area (Å²) in [6.45, 7) is 6.19. The van der Waals surface area contributed by atoms with E-state index in [4.69, 9.17) is 4.74 Å². The minimum atomic E-state index is 0.0267. The molecule has 3 aliphatic heterocycles. The number of aromatic nitrogens is 2. The lowest BCUT2D eigenvalue weighted by molar-refractivity contribution is -0.135. The van der Waals surface area contributed by atoms with Crippen molar-refractivity contribution in [1.29, 1.82) is 0 Å². The van der Waals surface area contributed by atoms with E-state index in [2.05, 4.69) is 26.3 Å². The van der Waals surface area contributed by atoms with Crippen LogP contribution in [0.15, 0.2) is 12.4 Å². The summed E-state index contributed by atoms with van der Waals surface area (Å²) in [7, 11) is 0. The largest absolute Gasteiger partial charge is 0.375 e. The molecule has 1 amide bonds. The van der Waals surface area contributed by atoms with Crippen molar-refractivity contribution in [3.05, 3.63) is 18.1 Å². The van der Waals surface area contributed by atoms with Gasteiger partial charge in [0.15, 0.2) is 0 Å². The Bertz CT molecular complexity index is 606. The summed E-state index contributed by atoms with van der Waals surface area (Å²) < 4.78 is 5.66. The Labute approximate surface area is 155 Å². The van der Waals surface area contributed by atoms with Crippen molar-refractivity contribution in [3.63, 3.8) is 0 Å². The molecule has 7 heteroatoms. The topological polar surface area (TPSA) is 70.6 Å². The number of carbonyl (C=O) groups excluding carboxylic acids is 1. The lowest BCUT2D eigenvalue weighted by Crippen LogP contribution is -2.44. The molecule has 1 aromatic heterocycles. The Balaban J connectivity index is 1.30. The van der Waals surface area contributed by atoms with Crippen LogP contribution in [0.5, 0.6) is 0 Å². The third kappa shape index (κ3) is 4.15. The molecule has 1 N–H and O–H groups in total. The number of likely N-dealkylation sites (tertiary alicyclic amines) is 1. The van der Waals surface area contributed by atoms with Crippen LogP contribution in [0.25, 0.3) is 0 Å². The second-order valence-corrected chi connectivity index (χ2v) is 7.55. The lowest BCUT2D eigenvalue weighted by Gasteiger charge is -2.33. The van der Waals surface area contributed by atoms with Gasteiger partial charge >= 0.3 is 0 Å². The highest BCUT2D eigenvalue weighted by atomic mass is 16.5. The molecule has 1 aromatic rings. The zero-order valence-corrected chi connectivity index (χ0v) is 15.4. The van der Waals surface area contributed by atoms with Crippen LogP contribution in [0, 0.1) is 0 Å². The number of rotatable bonds is 4. The number of nitrogens with zero attached hydrogens (tertiary/aromatic N) is 4. The molecule has 3 aliphatic rings. The Hall–Kier alpha value is -1.73. The maximum absolute atomic E-state index is 12.5. The third-order valence-corrected chi connectivity index (χ3v) is 5.78. The maximum atomic E-state index is 12.5. The first kappa shape index (κ1) is 17.7. The zero-order valence-electron chi connectivity index (χ0n) is 15.4. The molecule has 0 unspecified atom stereocenters. The number of hydrogen-bond donors (Lipinski definition) is 1. The fourth-order valence-electron chi connectivity index (χ4n) is 4.20. The molecule has 0 spiro atoms. The first-order valence-electron chi connectivity index (χ1n) is 9.96. The van der Waals surface area contributed by atoms with Gasteiger partial charge in [0.2, 0.25) is 5.91 Å². The molecular weight excluding hydrogens is 330 g/mol. The summed E-state index contributed by atoms with van der Waals surface area (Å²) >= 11 is 0. The number of morpholine rings is 1. The van der Waals surface area contributed by atoms with E-state index in [-0.39, 0.29) is 12.0 Å². The summed E-state index contributed by atoms with van der Waals surface area (Å²) in [6, 6.07) is 2.16. The van der Waals surface area contributed by atoms with Gasteiger partial charge in [0.1, 0.15) is 12.1 Å². The van der Waals surface area contributed by atoms with Gasteiger partial charge < -0.3 is 19.9 Å². The fraction of sp³-hybridized carbons (Fsp3) is 0.737. The van der Waals surface area contributed by atoms with Crippen molar-refractivity contribution in [2.75, 3.05) is 50.8 Å². The van der Waals surface area contributed by atoms with Gasteiger partial charge in [0, 0.05) is 56.9 Å². The lowest BCUT2D eigenvalue weighted by atomic mass is 9.93. The summed E-state index contributed by atoms with van der Waals surface area (Å²) in [4.78, 5) is 25.9. The number of amides is 1. The van der Waals surface area contributed by atoms with E-state index in [0.29, 0.717) is 18.9 Å². The molecule has 3 saturated heterocycles. The molecular formula is C19H29N5O2. The minimum Gasteiger partial charge on any atom is -0.375 e. The average molecular weight is 359 g/mol. The number of piperidine rings is 1. The van der Waals surface area contributed by atoms with Crippen LogP contribution in [0.2, 0.25) is 0 Å². The molecule has 0 bridgehead atoms. The van der Waals surface area contributed by atoms with Crippen LogP contribution in [0.1, 0.15) is 43.7 Å². The molecule has 0 aromatic carbocycles. The van der Waals surface area contributed by atoms with Crippen LogP contribution >= 0.6 is 0 Å². The molecule has 0 saturated carbocycles. The summed E-state index contributed by atoms with van der Waals surface area (Å²) in [6.07, 6.45) is 6.68. The third-order valence-electron chi connectivity index (χ3n) is 5.78. The quantitative estimate of drug-likeness (QED) is 0.870. The van der Waals surface area contributed by atoms with E-state index >= 15 is 0 Å². The summed E-state index contributed by atoms with van der Waals surface area (Å²) in [5, 5.41) is 3.29. The number of anilines is 1. The highest BCUT2D eigenvalue weighted by Gasteiger charge is 2.27. The van der Waals surface area contributed by atoms with Gasteiger partial charge in [-0.1, -0.05) is 0 Å². The van der Waals surface area contributed by atoms with Gasteiger partial charge in [-0.05, 0) is 25.7 Å². The monoisotopic (exact) mass is 359 g/mol. The van der Waals surface area contributed by atoms with Gasteiger partial charge in [0.25, 0.3) is 0 Å². The molecule has 142 valence electrons. The van der Waals surface area contributed by atoms with Crippen molar-refractivity contribution >= 4 is 11.7 Å². The molecule has 4 heterocycles. The van der Waals surface area contributed by atoms with E-state index in [1.54, 1.807) is 6.33 Å². The predicted molar refractivity (Wildman–Crippen MR) is 99.3 cm³/mol.